The maximum absolute atomic E-state index is 11.7. The van der Waals surface area contributed by atoms with Gasteiger partial charge < -0.3 is 10.3 Å². The number of nitrogens with zero attached hydrogens (tertiary/aromatic N) is 1. The van der Waals surface area contributed by atoms with E-state index >= 15 is 0 Å². The molecule has 2 rings (SSSR count). The number of aryl methyl sites for hydroxylation is 2. The molecule has 0 radical (unpaired) electrons. The van der Waals surface area contributed by atoms with E-state index in [0.29, 0.717) is 6.54 Å². The van der Waals surface area contributed by atoms with E-state index in [-0.39, 0.29) is 11.3 Å². The number of aromatic amines is 1. The molecule has 0 aromatic carbocycles. The normalized spacial score (nSPS) is 15.5. The Morgan fingerprint density at radius 3 is 2.71 bits per heavy atom. The van der Waals surface area contributed by atoms with Crippen molar-refractivity contribution < 1.29 is 4.79 Å². The third-order valence-corrected chi connectivity index (χ3v) is 3.10. The van der Waals surface area contributed by atoms with Crippen molar-refractivity contribution in [1.82, 2.24) is 15.3 Å². The summed E-state index contributed by atoms with van der Waals surface area (Å²) >= 11 is 0. The Balaban J connectivity index is 1.96. The van der Waals surface area contributed by atoms with E-state index in [2.05, 4.69) is 15.3 Å². The van der Waals surface area contributed by atoms with Crippen LogP contribution in [0.1, 0.15) is 50.8 Å². The van der Waals surface area contributed by atoms with E-state index in [1.54, 1.807) is 0 Å². The van der Waals surface area contributed by atoms with Gasteiger partial charge in [-0.3, -0.25) is 4.79 Å². The largest absolute Gasteiger partial charge is 0.348 e. The highest BCUT2D eigenvalue weighted by Gasteiger charge is 2.21. The van der Waals surface area contributed by atoms with Crippen LogP contribution in [-0.2, 0) is 24.2 Å². The molecular weight excluding hydrogens is 214 g/mol. The highest BCUT2D eigenvalue weighted by Crippen LogP contribution is 2.19. The zero-order valence-corrected chi connectivity index (χ0v) is 10.9. The summed E-state index contributed by atoms with van der Waals surface area (Å²) in [5, 5.41) is 2.92. The lowest BCUT2D eigenvalue weighted by Crippen LogP contribution is -2.34. The maximum atomic E-state index is 11.7. The number of fused-ring (bicyclic) bond motifs is 1. The minimum absolute atomic E-state index is 0.0619. The second-order valence-corrected chi connectivity index (χ2v) is 5.75. The lowest BCUT2D eigenvalue weighted by Gasteiger charge is -2.16. The highest BCUT2D eigenvalue weighted by molar-refractivity contribution is 5.81. The van der Waals surface area contributed by atoms with Crippen LogP contribution < -0.4 is 5.32 Å². The number of hydrogen-bond donors (Lipinski definition) is 2. The maximum Gasteiger partial charge on any atom is 0.225 e. The molecule has 0 atom stereocenters. The van der Waals surface area contributed by atoms with Gasteiger partial charge in [0.1, 0.15) is 5.82 Å². The van der Waals surface area contributed by atoms with Gasteiger partial charge in [0.2, 0.25) is 5.91 Å². The fourth-order valence-corrected chi connectivity index (χ4v) is 2.03. The van der Waals surface area contributed by atoms with Crippen molar-refractivity contribution >= 4 is 5.91 Å². The molecule has 0 saturated carbocycles. The predicted molar refractivity (Wildman–Crippen MR) is 66.5 cm³/mol. The van der Waals surface area contributed by atoms with Crippen molar-refractivity contribution in [1.29, 1.82) is 0 Å². The molecular formula is C13H21N3O. The number of rotatable bonds is 2. The van der Waals surface area contributed by atoms with Gasteiger partial charge in [-0.15, -0.1) is 0 Å². The van der Waals surface area contributed by atoms with E-state index in [4.69, 9.17) is 0 Å². The molecule has 1 amide bonds. The van der Waals surface area contributed by atoms with Gasteiger partial charge in [0.05, 0.1) is 12.2 Å². The molecule has 0 bridgehead atoms. The van der Waals surface area contributed by atoms with Crippen molar-refractivity contribution in [2.75, 3.05) is 0 Å². The van der Waals surface area contributed by atoms with Crippen molar-refractivity contribution in [3.05, 3.63) is 17.2 Å². The molecule has 1 aromatic rings. The van der Waals surface area contributed by atoms with Crippen molar-refractivity contribution in [3.63, 3.8) is 0 Å². The number of H-pyrrole nitrogens is 1. The monoisotopic (exact) mass is 235 g/mol. The van der Waals surface area contributed by atoms with E-state index in [1.165, 1.54) is 24.2 Å². The molecule has 1 heterocycles. The fourth-order valence-electron chi connectivity index (χ4n) is 2.03. The van der Waals surface area contributed by atoms with Gasteiger partial charge in [0, 0.05) is 11.1 Å². The summed E-state index contributed by atoms with van der Waals surface area (Å²) in [5.74, 6) is 0.946. The predicted octanol–water partition coefficient (Wildman–Crippen LogP) is 1.95. The number of amides is 1. The number of imidazole rings is 1. The van der Waals surface area contributed by atoms with Crippen LogP contribution in [0.15, 0.2) is 0 Å². The van der Waals surface area contributed by atoms with E-state index in [9.17, 15) is 4.79 Å². The lowest BCUT2D eigenvalue weighted by atomic mass is 9.96. The zero-order chi connectivity index (χ0) is 12.5. The number of carbonyl (C=O) groups is 1. The number of aromatic nitrogens is 2. The number of carbonyl (C=O) groups excluding carboxylic acids is 1. The molecule has 1 aliphatic carbocycles. The van der Waals surface area contributed by atoms with E-state index in [1.807, 2.05) is 20.8 Å². The summed E-state index contributed by atoms with van der Waals surface area (Å²) < 4.78 is 0. The molecule has 2 N–H and O–H groups in total. The molecule has 0 spiro atoms. The first-order valence-corrected chi connectivity index (χ1v) is 6.32. The Labute approximate surface area is 102 Å². The van der Waals surface area contributed by atoms with E-state index in [0.717, 1.165) is 18.7 Å². The molecule has 4 heteroatoms. The van der Waals surface area contributed by atoms with Crippen LogP contribution in [0.2, 0.25) is 0 Å². The first-order valence-electron chi connectivity index (χ1n) is 6.32. The summed E-state index contributed by atoms with van der Waals surface area (Å²) in [6.45, 7) is 6.24. The Hall–Kier alpha value is -1.32. The lowest BCUT2D eigenvalue weighted by molar-refractivity contribution is -0.128. The summed E-state index contributed by atoms with van der Waals surface area (Å²) in [4.78, 5) is 19.6. The van der Waals surface area contributed by atoms with Crippen molar-refractivity contribution in [3.8, 4) is 0 Å². The minimum atomic E-state index is -0.341. The van der Waals surface area contributed by atoms with Crippen LogP contribution in [0.4, 0.5) is 0 Å². The van der Waals surface area contributed by atoms with Gasteiger partial charge >= 0.3 is 0 Å². The quantitative estimate of drug-likeness (QED) is 0.823. The first-order chi connectivity index (χ1) is 7.97. The Kier molecular flexibility index (Phi) is 3.22. The Morgan fingerprint density at radius 2 is 2.06 bits per heavy atom. The Bertz CT molecular complexity index is 391. The SMILES string of the molecule is CC(C)(C)C(=O)NCc1nc2c([nH]1)CCCC2. The van der Waals surface area contributed by atoms with Crippen LogP contribution in [0, 0.1) is 5.41 Å². The summed E-state index contributed by atoms with van der Waals surface area (Å²) in [6, 6.07) is 0. The number of nitrogens with one attached hydrogen (secondary N) is 2. The topological polar surface area (TPSA) is 57.8 Å². The molecule has 1 aliphatic rings. The average Bonchev–Trinajstić information content (AvgIpc) is 2.66. The standard InChI is InChI=1S/C13H21N3O/c1-13(2,3)12(17)14-8-11-15-9-6-4-5-7-10(9)16-11/h4-8H2,1-3H3,(H,14,17)(H,15,16). The molecule has 1 aromatic heterocycles. The summed E-state index contributed by atoms with van der Waals surface area (Å²) in [5.41, 5.74) is 2.11. The van der Waals surface area contributed by atoms with E-state index < -0.39 is 0 Å². The summed E-state index contributed by atoms with van der Waals surface area (Å²) in [6.07, 6.45) is 4.63. The molecule has 0 saturated heterocycles. The van der Waals surface area contributed by atoms with Crippen LogP contribution in [0.5, 0.6) is 0 Å². The third kappa shape index (κ3) is 2.87. The molecule has 94 valence electrons. The van der Waals surface area contributed by atoms with Crippen LogP contribution in [0.25, 0.3) is 0 Å². The van der Waals surface area contributed by atoms with Crippen LogP contribution in [-0.4, -0.2) is 15.9 Å². The van der Waals surface area contributed by atoms with Crippen molar-refractivity contribution in [2.45, 2.75) is 53.0 Å². The van der Waals surface area contributed by atoms with Gasteiger partial charge in [0.15, 0.2) is 0 Å². The molecule has 0 fully saturated rings. The molecule has 4 nitrogen and oxygen atoms in total. The van der Waals surface area contributed by atoms with Crippen molar-refractivity contribution in [2.24, 2.45) is 5.41 Å². The van der Waals surface area contributed by atoms with Gasteiger partial charge in [-0.25, -0.2) is 4.98 Å². The van der Waals surface area contributed by atoms with Gasteiger partial charge in [-0.05, 0) is 25.7 Å². The fraction of sp³-hybridized carbons (Fsp3) is 0.692. The second-order valence-electron chi connectivity index (χ2n) is 5.75. The third-order valence-electron chi connectivity index (χ3n) is 3.10. The van der Waals surface area contributed by atoms with Crippen LogP contribution >= 0.6 is 0 Å². The average molecular weight is 235 g/mol. The first kappa shape index (κ1) is 12.1. The minimum Gasteiger partial charge on any atom is -0.348 e. The molecule has 0 aliphatic heterocycles. The van der Waals surface area contributed by atoms with Gasteiger partial charge in [-0.2, -0.15) is 0 Å². The highest BCUT2D eigenvalue weighted by atomic mass is 16.2. The second kappa shape index (κ2) is 4.51. The number of hydrogen-bond acceptors (Lipinski definition) is 2. The molecule has 0 unspecified atom stereocenters. The van der Waals surface area contributed by atoms with Gasteiger partial charge in [0.25, 0.3) is 0 Å². The molecule has 17 heavy (non-hydrogen) atoms. The zero-order valence-electron chi connectivity index (χ0n) is 10.9. The Morgan fingerprint density at radius 1 is 1.35 bits per heavy atom. The summed E-state index contributed by atoms with van der Waals surface area (Å²) in [7, 11) is 0. The van der Waals surface area contributed by atoms with Crippen LogP contribution in [0.3, 0.4) is 0 Å². The smallest absolute Gasteiger partial charge is 0.225 e. The van der Waals surface area contributed by atoms with Gasteiger partial charge in [-0.1, -0.05) is 20.8 Å².